The quantitative estimate of drug-likeness (QED) is 0.346. The minimum atomic E-state index is -1.12. The summed E-state index contributed by atoms with van der Waals surface area (Å²) in [5.74, 6) is -3.19. The highest BCUT2D eigenvalue weighted by Crippen LogP contribution is 2.15. The molecular formula is C20H28O6. The third-order valence-corrected chi connectivity index (χ3v) is 4.16. The van der Waals surface area contributed by atoms with E-state index in [1.165, 1.54) is 7.11 Å². The zero-order valence-corrected chi connectivity index (χ0v) is 15.5. The highest BCUT2D eigenvalue weighted by molar-refractivity contribution is 5.93. The van der Waals surface area contributed by atoms with Crippen LogP contribution in [-0.4, -0.2) is 36.7 Å². The van der Waals surface area contributed by atoms with Crippen LogP contribution in [0.5, 0.6) is 0 Å². The number of benzene rings is 1. The molecule has 0 aliphatic carbocycles. The average Bonchev–Trinajstić information content (AvgIpc) is 2.64. The first-order valence-electron chi connectivity index (χ1n) is 9.06. The molecule has 0 saturated heterocycles. The number of esters is 2. The molecular weight excluding hydrogens is 336 g/mol. The zero-order valence-electron chi connectivity index (χ0n) is 15.5. The summed E-state index contributed by atoms with van der Waals surface area (Å²) in [6.45, 7) is 2.26. The van der Waals surface area contributed by atoms with E-state index in [9.17, 15) is 19.5 Å². The van der Waals surface area contributed by atoms with E-state index in [0.29, 0.717) is 18.4 Å². The molecule has 1 N–H and O–H groups in total. The summed E-state index contributed by atoms with van der Waals surface area (Å²) in [4.78, 5) is 34.4. The maximum Gasteiger partial charge on any atom is 0.337 e. The van der Waals surface area contributed by atoms with Crippen molar-refractivity contribution in [3.63, 3.8) is 0 Å². The molecule has 0 amide bonds. The van der Waals surface area contributed by atoms with Gasteiger partial charge in [-0.2, -0.15) is 0 Å². The second kappa shape index (κ2) is 12.1. The molecule has 1 rings (SSSR count). The van der Waals surface area contributed by atoms with Gasteiger partial charge in [0.05, 0.1) is 19.3 Å². The molecule has 26 heavy (non-hydrogen) atoms. The van der Waals surface area contributed by atoms with Crippen molar-refractivity contribution in [1.82, 2.24) is 0 Å². The van der Waals surface area contributed by atoms with Gasteiger partial charge in [-0.25, -0.2) is 4.79 Å². The Balaban J connectivity index is 2.32. The Morgan fingerprint density at radius 2 is 1.73 bits per heavy atom. The van der Waals surface area contributed by atoms with Crippen LogP contribution in [0.3, 0.4) is 0 Å². The van der Waals surface area contributed by atoms with Crippen LogP contribution in [0.4, 0.5) is 0 Å². The molecule has 1 unspecified atom stereocenters. The summed E-state index contributed by atoms with van der Waals surface area (Å²) in [7, 11) is 1.35. The lowest BCUT2D eigenvalue weighted by Crippen LogP contribution is -2.26. The van der Waals surface area contributed by atoms with E-state index in [2.05, 4.69) is 4.74 Å². The molecule has 0 bridgehead atoms. The number of aryl methyl sites for hydroxylation is 1. The SMILES string of the molecule is CCCCOC(=O)C(CCCCCc1ccc(C(=O)OC)cc1)C(=O)O. The monoisotopic (exact) mass is 364 g/mol. The predicted octanol–water partition coefficient (Wildman–Crippen LogP) is 3.62. The maximum absolute atomic E-state index is 11.8. The van der Waals surface area contributed by atoms with Crippen molar-refractivity contribution >= 4 is 17.9 Å². The first-order valence-corrected chi connectivity index (χ1v) is 9.06. The highest BCUT2D eigenvalue weighted by Gasteiger charge is 2.27. The molecule has 1 atom stereocenters. The third kappa shape index (κ3) is 7.68. The Kier molecular flexibility index (Phi) is 10.1. The molecule has 0 aromatic heterocycles. The number of hydrogen-bond donors (Lipinski definition) is 1. The molecule has 0 heterocycles. The van der Waals surface area contributed by atoms with Crippen molar-refractivity contribution in [2.24, 2.45) is 5.92 Å². The second-order valence-electron chi connectivity index (χ2n) is 6.20. The van der Waals surface area contributed by atoms with Crippen LogP contribution < -0.4 is 0 Å². The number of carbonyl (C=O) groups excluding carboxylic acids is 2. The number of ether oxygens (including phenoxy) is 2. The van der Waals surface area contributed by atoms with Gasteiger partial charge in [0.15, 0.2) is 5.92 Å². The molecule has 1 aromatic carbocycles. The number of unbranched alkanes of at least 4 members (excludes halogenated alkanes) is 3. The summed E-state index contributed by atoms with van der Waals surface area (Å²) in [6, 6.07) is 7.23. The number of aliphatic carboxylic acids is 1. The standard InChI is InChI=1S/C20H28O6/c1-3-4-14-26-20(24)17(18(21)22)9-7-5-6-8-15-10-12-16(13-11-15)19(23)25-2/h10-13,17H,3-9,14H2,1-2H3,(H,21,22). The largest absolute Gasteiger partial charge is 0.481 e. The Bertz CT molecular complexity index is 578. The van der Waals surface area contributed by atoms with Gasteiger partial charge in [0, 0.05) is 0 Å². The number of carboxylic acid groups (broad SMARTS) is 1. The second-order valence-corrected chi connectivity index (χ2v) is 6.20. The number of carboxylic acids is 1. The van der Waals surface area contributed by atoms with Crippen molar-refractivity contribution in [1.29, 1.82) is 0 Å². The van der Waals surface area contributed by atoms with Gasteiger partial charge in [0.1, 0.15) is 0 Å². The molecule has 0 aliphatic rings. The smallest absolute Gasteiger partial charge is 0.337 e. The summed E-state index contributed by atoms with van der Waals surface area (Å²) < 4.78 is 9.67. The van der Waals surface area contributed by atoms with Crippen LogP contribution in [0, 0.1) is 5.92 Å². The lowest BCUT2D eigenvalue weighted by Gasteiger charge is -2.12. The average molecular weight is 364 g/mol. The van der Waals surface area contributed by atoms with Crippen molar-refractivity contribution < 1.29 is 29.0 Å². The van der Waals surface area contributed by atoms with Crippen LogP contribution in [0.15, 0.2) is 24.3 Å². The van der Waals surface area contributed by atoms with E-state index in [-0.39, 0.29) is 12.6 Å². The number of rotatable bonds is 12. The molecule has 0 spiro atoms. The number of carbonyl (C=O) groups is 3. The van der Waals surface area contributed by atoms with Gasteiger partial charge in [0.2, 0.25) is 0 Å². The molecule has 6 nitrogen and oxygen atoms in total. The molecule has 0 fully saturated rings. The van der Waals surface area contributed by atoms with Crippen molar-refractivity contribution in [3.8, 4) is 0 Å². The maximum atomic E-state index is 11.8. The van der Waals surface area contributed by atoms with E-state index in [1.54, 1.807) is 12.1 Å². The normalized spacial score (nSPS) is 11.6. The third-order valence-electron chi connectivity index (χ3n) is 4.16. The van der Waals surface area contributed by atoms with Crippen molar-refractivity contribution in [2.75, 3.05) is 13.7 Å². The fourth-order valence-electron chi connectivity index (χ4n) is 2.54. The first kappa shape index (κ1) is 21.7. The van der Waals surface area contributed by atoms with Gasteiger partial charge in [-0.05, 0) is 43.4 Å². The summed E-state index contributed by atoms with van der Waals surface area (Å²) in [5, 5.41) is 9.19. The highest BCUT2D eigenvalue weighted by atomic mass is 16.5. The van der Waals surface area contributed by atoms with Crippen LogP contribution in [0.25, 0.3) is 0 Å². The molecule has 0 radical (unpaired) electrons. The molecule has 0 saturated carbocycles. The molecule has 6 heteroatoms. The fourth-order valence-corrected chi connectivity index (χ4v) is 2.54. The van der Waals surface area contributed by atoms with Crippen LogP contribution in [-0.2, 0) is 25.5 Å². The van der Waals surface area contributed by atoms with Crippen LogP contribution in [0.1, 0.15) is 61.4 Å². The topological polar surface area (TPSA) is 89.9 Å². The summed E-state index contributed by atoms with van der Waals surface area (Å²) in [5.41, 5.74) is 1.62. The van der Waals surface area contributed by atoms with Gasteiger partial charge in [-0.3, -0.25) is 9.59 Å². The Hall–Kier alpha value is -2.37. The number of methoxy groups -OCH3 is 1. The first-order chi connectivity index (χ1) is 12.5. The Morgan fingerprint density at radius 3 is 2.31 bits per heavy atom. The van der Waals surface area contributed by atoms with E-state index in [0.717, 1.165) is 37.7 Å². The fraction of sp³-hybridized carbons (Fsp3) is 0.550. The van der Waals surface area contributed by atoms with Gasteiger partial charge >= 0.3 is 17.9 Å². The van der Waals surface area contributed by atoms with Gasteiger partial charge < -0.3 is 14.6 Å². The minimum absolute atomic E-state index is 0.278. The van der Waals surface area contributed by atoms with E-state index >= 15 is 0 Å². The lowest BCUT2D eigenvalue weighted by molar-refractivity contribution is -0.159. The van der Waals surface area contributed by atoms with Gasteiger partial charge in [0.25, 0.3) is 0 Å². The van der Waals surface area contributed by atoms with Gasteiger partial charge in [-0.1, -0.05) is 38.3 Å². The molecule has 1 aromatic rings. The van der Waals surface area contributed by atoms with E-state index in [4.69, 9.17) is 4.74 Å². The number of hydrogen-bond acceptors (Lipinski definition) is 5. The Morgan fingerprint density at radius 1 is 1.04 bits per heavy atom. The Labute approximate surface area is 154 Å². The summed E-state index contributed by atoms with van der Waals surface area (Å²) in [6.07, 6.45) is 5.12. The molecule has 144 valence electrons. The van der Waals surface area contributed by atoms with Crippen LogP contribution >= 0.6 is 0 Å². The molecule has 0 aliphatic heterocycles. The van der Waals surface area contributed by atoms with Crippen molar-refractivity contribution in [3.05, 3.63) is 35.4 Å². The summed E-state index contributed by atoms with van der Waals surface area (Å²) >= 11 is 0. The van der Waals surface area contributed by atoms with E-state index in [1.807, 2.05) is 19.1 Å². The van der Waals surface area contributed by atoms with Crippen molar-refractivity contribution in [2.45, 2.75) is 51.9 Å². The van der Waals surface area contributed by atoms with Gasteiger partial charge in [-0.15, -0.1) is 0 Å². The zero-order chi connectivity index (χ0) is 19.4. The minimum Gasteiger partial charge on any atom is -0.481 e. The van der Waals surface area contributed by atoms with Crippen LogP contribution in [0.2, 0.25) is 0 Å². The predicted molar refractivity (Wildman–Crippen MR) is 96.9 cm³/mol. The lowest BCUT2D eigenvalue weighted by atomic mass is 9.99. The van der Waals surface area contributed by atoms with E-state index < -0.39 is 17.9 Å².